The van der Waals surface area contributed by atoms with Crippen LogP contribution in [-0.2, 0) is 11.2 Å². The van der Waals surface area contributed by atoms with E-state index in [9.17, 15) is 4.79 Å². The van der Waals surface area contributed by atoms with Crippen molar-refractivity contribution in [3.63, 3.8) is 0 Å². The molecule has 0 aliphatic carbocycles. The first-order valence-corrected chi connectivity index (χ1v) is 5.24. The van der Waals surface area contributed by atoms with Crippen molar-refractivity contribution in [1.29, 1.82) is 0 Å². The van der Waals surface area contributed by atoms with Gasteiger partial charge in [-0.15, -0.1) is 0 Å². The molecule has 1 aliphatic rings. The highest BCUT2D eigenvalue weighted by Gasteiger charge is 2.30. The van der Waals surface area contributed by atoms with Crippen molar-refractivity contribution in [2.75, 3.05) is 19.1 Å². The van der Waals surface area contributed by atoms with Gasteiger partial charge in [0.05, 0.1) is 19.2 Å². The number of fused-ring (bicyclic) bond motifs is 1. The van der Waals surface area contributed by atoms with E-state index in [1.54, 1.807) is 7.11 Å². The quantitative estimate of drug-likeness (QED) is 0.841. The lowest BCUT2D eigenvalue weighted by Gasteiger charge is -2.22. The molecule has 0 aromatic heterocycles. The molecule has 0 saturated carbocycles. The molecule has 1 heterocycles. The lowest BCUT2D eigenvalue weighted by atomic mass is 10.1. The van der Waals surface area contributed by atoms with E-state index in [0.29, 0.717) is 0 Å². The highest BCUT2D eigenvalue weighted by Crippen LogP contribution is 2.39. The lowest BCUT2D eigenvalue weighted by molar-refractivity contribution is -0.137. The maximum absolute atomic E-state index is 10.7. The number of ether oxygens (including phenoxy) is 1. The maximum Gasteiger partial charge on any atom is 0.305 e. The van der Waals surface area contributed by atoms with E-state index < -0.39 is 5.97 Å². The number of likely N-dealkylation sites (N-methyl/N-ethyl adjacent to an activating group) is 1. The van der Waals surface area contributed by atoms with Crippen molar-refractivity contribution >= 4 is 11.7 Å². The van der Waals surface area contributed by atoms with E-state index in [2.05, 4.69) is 0 Å². The number of nitrogens with zero attached hydrogens (tertiary/aromatic N) is 1. The zero-order chi connectivity index (χ0) is 11.7. The monoisotopic (exact) mass is 221 g/mol. The second-order valence-corrected chi connectivity index (χ2v) is 4.03. The topological polar surface area (TPSA) is 49.8 Å². The molecule has 4 heteroatoms. The van der Waals surface area contributed by atoms with Gasteiger partial charge in [0.25, 0.3) is 0 Å². The first kappa shape index (κ1) is 10.8. The molecule has 0 radical (unpaired) electrons. The number of carboxylic acid groups (broad SMARTS) is 1. The number of rotatable bonds is 3. The minimum absolute atomic E-state index is 0.0313. The Morgan fingerprint density at radius 1 is 1.62 bits per heavy atom. The summed E-state index contributed by atoms with van der Waals surface area (Å²) in [5.41, 5.74) is 2.18. The summed E-state index contributed by atoms with van der Waals surface area (Å²) in [4.78, 5) is 12.8. The van der Waals surface area contributed by atoms with Gasteiger partial charge in [0, 0.05) is 13.1 Å². The zero-order valence-electron chi connectivity index (χ0n) is 9.43. The van der Waals surface area contributed by atoms with E-state index >= 15 is 0 Å². The van der Waals surface area contributed by atoms with Crippen LogP contribution < -0.4 is 9.64 Å². The fourth-order valence-corrected chi connectivity index (χ4v) is 2.28. The van der Waals surface area contributed by atoms with E-state index in [-0.39, 0.29) is 12.5 Å². The summed E-state index contributed by atoms with van der Waals surface area (Å²) < 4.78 is 5.29. The van der Waals surface area contributed by atoms with Crippen LogP contribution in [0.15, 0.2) is 18.2 Å². The van der Waals surface area contributed by atoms with Crippen LogP contribution >= 0.6 is 0 Å². The van der Waals surface area contributed by atoms with Crippen LogP contribution in [0.2, 0.25) is 0 Å². The van der Waals surface area contributed by atoms with Crippen LogP contribution in [0.4, 0.5) is 5.69 Å². The average Bonchev–Trinajstić information content (AvgIpc) is 2.55. The largest absolute Gasteiger partial charge is 0.495 e. The van der Waals surface area contributed by atoms with Gasteiger partial charge in [0.2, 0.25) is 0 Å². The molecule has 0 fully saturated rings. The maximum atomic E-state index is 10.7. The second kappa shape index (κ2) is 4.04. The van der Waals surface area contributed by atoms with Crippen molar-refractivity contribution < 1.29 is 14.6 Å². The SMILES string of the molecule is COc1cccc2c1N(C)C(CC(=O)O)C2. The fraction of sp³-hybridized carbons (Fsp3) is 0.417. The third-order valence-electron chi connectivity index (χ3n) is 3.07. The van der Waals surface area contributed by atoms with Crippen LogP contribution in [0.3, 0.4) is 0 Å². The second-order valence-electron chi connectivity index (χ2n) is 4.03. The molecule has 2 rings (SSSR count). The van der Waals surface area contributed by atoms with Gasteiger partial charge in [-0.1, -0.05) is 12.1 Å². The fourth-order valence-electron chi connectivity index (χ4n) is 2.28. The summed E-state index contributed by atoms with van der Waals surface area (Å²) >= 11 is 0. The first-order chi connectivity index (χ1) is 7.63. The van der Waals surface area contributed by atoms with Crippen molar-refractivity contribution in [3.8, 4) is 5.75 Å². The molecule has 1 aliphatic heterocycles. The van der Waals surface area contributed by atoms with E-state index in [0.717, 1.165) is 23.4 Å². The standard InChI is InChI=1S/C12H15NO3/c1-13-9(7-11(14)15)6-8-4-3-5-10(16-2)12(8)13/h3-5,9H,6-7H2,1-2H3,(H,14,15). The van der Waals surface area contributed by atoms with Crippen LogP contribution in [0, 0.1) is 0 Å². The molecule has 16 heavy (non-hydrogen) atoms. The summed E-state index contributed by atoms with van der Waals surface area (Å²) in [7, 11) is 3.55. The molecule has 4 nitrogen and oxygen atoms in total. The highest BCUT2D eigenvalue weighted by molar-refractivity contribution is 5.73. The Labute approximate surface area is 94.4 Å². The van der Waals surface area contributed by atoms with E-state index in [4.69, 9.17) is 9.84 Å². The minimum atomic E-state index is -0.761. The Kier molecular flexibility index (Phi) is 2.73. The molecule has 0 spiro atoms. The molecule has 0 saturated heterocycles. The van der Waals surface area contributed by atoms with Gasteiger partial charge in [-0.2, -0.15) is 0 Å². The molecule has 0 amide bonds. The molecule has 1 N–H and O–H groups in total. The van der Waals surface area contributed by atoms with Gasteiger partial charge in [0.15, 0.2) is 0 Å². The molecule has 1 aromatic rings. The normalized spacial score (nSPS) is 18.4. The summed E-state index contributed by atoms with van der Waals surface area (Å²) in [5, 5.41) is 8.84. The number of hydrogen-bond acceptors (Lipinski definition) is 3. The Bertz CT molecular complexity index is 417. The van der Waals surface area contributed by atoms with Gasteiger partial charge < -0.3 is 14.7 Å². The predicted molar refractivity (Wildman–Crippen MR) is 61.1 cm³/mol. The van der Waals surface area contributed by atoms with Crippen molar-refractivity contribution in [1.82, 2.24) is 0 Å². The number of benzene rings is 1. The number of aliphatic carboxylic acids is 1. The van der Waals surface area contributed by atoms with E-state index in [1.807, 2.05) is 30.1 Å². The van der Waals surface area contributed by atoms with Gasteiger partial charge >= 0.3 is 5.97 Å². The third-order valence-corrected chi connectivity index (χ3v) is 3.07. The lowest BCUT2D eigenvalue weighted by Crippen LogP contribution is -2.30. The summed E-state index contributed by atoms with van der Waals surface area (Å²) in [6, 6.07) is 5.90. The van der Waals surface area contributed by atoms with Crippen LogP contribution in [0.5, 0.6) is 5.75 Å². The Morgan fingerprint density at radius 2 is 2.38 bits per heavy atom. The number of para-hydroxylation sites is 1. The Balaban J connectivity index is 2.31. The number of carboxylic acids is 1. The average molecular weight is 221 g/mol. The first-order valence-electron chi connectivity index (χ1n) is 5.24. The summed E-state index contributed by atoms with van der Waals surface area (Å²) in [6.45, 7) is 0. The van der Waals surface area contributed by atoms with E-state index in [1.165, 1.54) is 0 Å². The molecule has 1 unspecified atom stereocenters. The smallest absolute Gasteiger partial charge is 0.305 e. The number of carbonyl (C=O) groups is 1. The molecule has 1 aromatic carbocycles. The summed E-state index contributed by atoms with van der Waals surface area (Å²) in [6.07, 6.45) is 0.934. The molecular weight excluding hydrogens is 206 g/mol. The molecule has 86 valence electrons. The molecule has 0 bridgehead atoms. The minimum Gasteiger partial charge on any atom is -0.495 e. The van der Waals surface area contributed by atoms with Gasteiger partial charge in [-0.3, -0.25) is 4.79 Å². The van der Waals surface area contributed by atoms with Crippen LogP contribution in [-0.4, -0.2) is 31.3 Å². The van der Waals surface area contributed by atoms with Gasteiger partial charge in [-0.05, 0) is 18.1 Å². The molecular formula is C12H15NO3. The Morgan fingerprint density at radius 3 is 3.00 bits per heavy atom. The van der Waals surface area contributed by atoms with Gasteiger partial charge in [0.1, 0.15) is 5.75 Å². The highest BCUT2D eigenvalue weighted by atomic mass is 16.5. The zero-order valence-corrected chi connectivity index (χ0v) is 9.43. The van der Waals surface area contributed by atoms with Gasteiger partial charge in [-0.25, -0.2) is 0 Å². The van der Waals surface area contributed by atoms with Crippen LogP contribution in [0.1, 0.15) is 12.0 Å². The molecule has 1 atom stereocenters. The van der Waals surface area contributed by atoms with Crippen molar-refractivity contribution in [3.05, 3.63) is 23.8 Å². The van der Waals surface area contributed by atoms with Crippen molar-refractivity contribution in [2.45, 2.75) is 18.9 Å². The van der Waals surface area contributed by atoms with Crippen molar-refractivity contribution in [2.24, 2.45) is 0 Å². The predicted octanol–water partition coefficient (Wildman–Crippen LogP) is 1.53. The van der Waals surface area contributed by atoms with Crippen LogP contribution in [0.25, 0.3) is 0 Å². The number of hydrogen-bond donors (Lipinski definition) is 1. The third kappa shape index (κ3) is 1.71. The summed E-state index contributed by atoms with van der Waals surface area (Å²) in [5.74, 6) is 0.0523. The number of methoxy groups -OCH3 is 1. The number of anilines is 1. The Hall–Kier alpha value is -1.71.